The van der Waals surface area contributed by atoms with Crippen LogP contribution in [-0.2, 0) is 10.4 Å². The van der Waals surface area contributed by atoms with E-state index in [-0.39, 0.29) is 27.0 Å². The van der Waals surface area contributed by atoms with Gasteiger partial charge in [-0.05, 0) is 36.4 Å². The molecule has 0 spiro atoms. The minimum absolute atomic E-state index is 0.0623. The van der Waals surface area contributed by atoms with Gasteiger partial charge in [0.05, 0.1) is 16.4 Å². The molecule has 1 atom stereocenters. The molecule has 0 radical (unpaired) electrons. The Morgan fingerprint density at radius 1 is 1.00 bits per heavy atom. The zero-order valence-corrected chi connectivity index (χ0v) is 14.6. The van der Waals surface area contributed by atoms with E-state index in [1.165, 1.54) is 24.3 Å². The Morgan fingerprint density at radius 3 is 2.20 bits per heavy atom. The largest absolute Gasteiger partial charge is 0.428 e. The van der Waals surface area contributed by atoms with E-state index in [2.05, 4.69) is 5.48 Å². The maximum Gasteiger partial charge on any atom is 0.428 e. The van der Waals surface area contributed by atoms with Crippen LogP contribution in [-0.4, -0.2) is 6.18 Å². The van der Waals surface area contributed by atoms with Gasteiger partial charge in [-0.2, -0.15) is 13.2 Å². The van der Waals surface area contributed by atoms with E-state index in [9.17, 15) is 13.2 Å². The van der Waals surface area contributed by atoms with Gasteiger partial charge in [0.1, 0.15) is 0 Å². The Morgan fingerprint density at radius 2 is 1.64 bits per heavy atom. The smallest absolute Gasteiger partial charge is 0.398 e. The molecule has 25 heavy (non-hydrogen) atoms. The molecule has 1 heterocycles. The molecule has 9 heteroatoms. The van der Waals surface area contributed by atoms with E-state index in [1.807, 2.05) is 0 Å². The second-order valence-corrected chi connectivity index (χ2v) is 6.67. The van der Waals surface area contributed by atoms with Gasteiger partial charge in [0, 0.05) is 21.2 Å². The van der Waals surface area contributed by atoms with Gasteiger partial charge in [0.25, 0.3) is 0 Å². The van der Waals surface area contributed by atoms with E-state index in [1.54, 1.807) is 0 Å². The van der Waals surface area contributed by atoms with Gasteiger partial charge in [-0.15, -0.1) is 0 Å². The molecule has 1 unspecified atom stereocenters. The number of nitrogen functional groups attached to an aromatic ring is 1. The van der Waals surface area contributed by atoms with Crippen molar-refractivity contribution in [2.75, 3.05) is 5.73 Å². The van der Waals surface area contributed by atoms with Crippen LogP contribution >= 0.6 is 34.8 Å². The Labute approximate surface area is 156 Å². The molecule has 2 aromatic carbocycles. The Balaban J connectivity index is 2.15. The number of hydrogen-bond acceptors (Lipinski definition) is 3. The summed E-state index contributed by atoms with van der Waals surface area (Å²) in [6, 6.07) is 8.10. The number of hydrogen-bond donors (Lipinski definition) is 2. The fraction of sp³-hybridized carbons (Fsp3) is 0.125. The maximum atomic E-state index is 13.9. The summed E-state index contributed by atoms with van der Waals surface area (Å²) in [5.41, 5.74) is 5.74. The monoisotopic (exact) mass is 408 g/mol. The first-order valence-corrected chi connectivity index (χ1v) is 8.01. The van der Waals surface area contributed by atoms with E-state index in [0.29, 0.717) is 10.6 Å². The van der Waals surface area contributed by atoms with Crippen molar-refractivity contribution in [2.45, 2.75) is 11.8 Å². The number of rotatable bonds is 2. The normalized spacial score (nSPS) is 20.3. The molecule has 1 aliphatic heterocycles. The first-order chi connectivity index (χ1) is 11.6. The van der Waals surface area contributed by atoms with Crippen molar-refractivity contribution in [3.05, 3.63) is 68.7 Å². The SMILES string of the molecule is Nc1cc(C2=CC(c3cc(Cl)cc(Cl)c3)(C(F)(F)F)ON2)ccc1Cl. The van der Waals surface area contributed by atoms with Crippen LogP contribution in [0.5, 0.6) is 0 Å². The first kappa shape index (κ1) is 18.2. The molecular weight excluding hydrogens is 400 g/mol. The summed E-state index contributed by atoms with van der Waals surface area (Å²) >= 11 is 17.5. The Hall–Kier alpha value is -1.60. The molecule has 0 bridgehead atoms. The third-order valence-corrected chi connectivity index (χ3v) is 4.47. The molecule has 3 rings (SSSR count). The molecule has 2 aromatic rings. The van der Waals surface area contributed by atoms with Crippen LogP contribution in [0.15, 0.2) is 42.5 Å². The van der Waals surface area contributed by atoms with Crippen molar-refractivity contribution in [3.8, 4) is 0 Å². The number of alkyl halides is 3. The van der Waals surface area contributed by atoms with Gasteiger partial charge >= 0.3 is 6.18 Å². The van der Waals surface area contributed by atoms with Crippen molar-refractivity contribution >= 4 is 46.2 Å². The molecule has 0 amide bonds. The van der Waals surface area contributed by atoms with Crippen LogP contribution in [0.25, 0.3) is 5.70 Å². The summed E-state index contributed by atoms with van der Waals surface area (Å²) in [7, 11) is 0. The quantitative estimate of drug-likeness (QED) is 0.638. The molecule has 132 valence electrons. The first-order valence-electron chi connectivity index (χ1n) is 6.88. The lowest BCUT2D eigenvalue weighted by molar-refractivity contribution is -0.269. The molecule has 3 nitrogen and oxygen atoms in total. The van der Waals surface area contributed by atoms with Crippen molar-refractivity contribution in [1.82, 2.24) is 5.48 Å². The van der Waals surface area contributed by atoms with Gasteiger partial charge in [-0.25, -0.2) is 0 Å². The van der Waals surface area contributed by atoms with Crippen LogP contribution in [0.1, 0.15) is 11.1 Å². The Bertz CT molecular complexity index is 850. The lowest BCUT2D eigenvalue weighted by atomic mass is 9.91. The third-order valence-electron chi connectivity index (χ3n) is 3.69. The molecule has 0 saturated heterocycles. The molecular formula is C16H10Cl3F3N2O. The lowest BCUT2D eigenvalue weighted by Gasteiger charge is -2.28. The van der Waals surface area contributed by atoms with Crippen molar-refractivity contribution in [2.24, 2.45) is 0 Å². The average Bonchev–Trinajstić information content (AvgIpc) is 2.95. The van der Waals surface area contributed by atoms with Crippen LogP contribution in [0.2, 0.25) is 15.1 Å². The molecule has 0 fully saturated rings. The summed E-state index contributed by atoms with van der Waals surface area (Å²) in [6.45, 7) is 0. The third kappa shape index (κ3) is 3.27. The van der Waals surface area contributed by atoms with E-state index in [4.69, 9.17) is 45.4 Å². The minimum atomic E-state index is -4.77. The fourth-order valence-electron chi connectivity index (χ4n) is 2.47. The topological polar surface area (TPSA) is 47.3 Å². The van der Waals surface area contributed by atoms with E-state index < -0.39 is 11.8 Å². The van der Waals surface area contributed by atoms with Gasteiger partial charge in [-0.1, -0.05) is 40.9 Å². The summed E-state index contributed by atoms with van der Waals surface area (Å²) in [5, 5.41) is 0.423. The fourth-order valence-corrected chi connectivity index (χ4v) is 3.11. The molecule has 3 N–H and O–H groups in total. The summed E-state index contributed by atoms with van der Waals surface area (Å²) < 4.78 is 41.6. The average molecular weight is 410 g/mol. The number of nitrogens with two attached hydrogens (primary N) is 1. The van der Waals surface area contributed by atoms with Crippen LogP contribution in [0.4, 0.5) is 18.9 Å². The van der Waals surface area contributed by atoms with Gasteiger partial charge in [-0.3, -0.25) is 10.3 Å². The van der Waals surface area contributed by atoms with Gasteiger partial charge < -0.3 is 5.73 Å². The maximum absolute atomic E-state index is 13.9. The zero-order valence-electron chi connectivity index (χ0n) is 12.3. The van der Waals surface area contributed by atoms with E-state index in [0.717, 1.165) is 18.2 Å². The molecule has 0 aromatic heterocycles. The number of benzene rings is 2. The summed E-state index contributed by atoms with van der Waals surface area (Å²) in [5.74, 6) is 0. The lowest BCUT2D eigenvalue weighted by Crippen LogP contribution is -2.42. The number of anilines is 1. The highest BCUT2D eigenvalue weighted by Crippen LogP contribution is 2.48. The molecule has 1 aliphatic rings. The van der Waals surface area contributed by atoms with Crippen LogP contribution in [0, 0.1) is 0 Å². The standard InChI is InChI=1S/C16H10Cl3F3N2O/c17-10-4-9(5-11(18)6-10)15(16(20,21)22)7-14(24-25-15)8-1-2-12(19)13(23)3-8/h1-7,24H,23H2. The van der Waals surface area contributed by atoms with Crippen molar-refractivity contribution in [1.29, 1.82) is 0 Å². The predicted molar refractivity (Wildman–Crippen MR) is 92.3 cm³/mol. The van der Waals surface area contributed by atoms with Crippen LogP contribution < -0.4 is 11.2 Å². The number of nitrogens with one attached hydrogen (secondary N) is 1. The van der Waals surface area contributed by atoms with Gasteiger partial charge in [0.15, 0.2) is 0 Å². The number of hydroxylamine groups is 1. The number of halogens is 6. The van der Waals surface area contributed by atoms with Gasteiger partial charge in [0.2, 0.25) is 5.60 Å². The highest BCUT2D eigenvalue weighted by atomic mass is 35.5. The second kappa shape index (κ2) is 6.29. The molecule has 0 saturated carbocycles. The van der Waals surface area contributed by atoms with Crippen molar-refractivity contribution in [3.63, 3.8) is 0 Å². The second-order valence-electron chi connectivity index (χ2n) is 5.39. The van der Waals surface area contributed by atoms with E-state index >= 15 is 0 Å². The highest BCUT2D eigenvalue weighted by molar-refractivity contribution is 6.34. The van der Waals surface area contributed by atoms with Crippen molar-refractivity contribution < 1.29 is 18.0 Å². The summed E-state index contributed by atoms with van der Waals surface area (Å²) in [6.07, 6.45) is -3.86. The summed E-state index contributed by atoms with van der Waals surface area (Å²) in [4.78, 5) is 4.98. The Kier molecular flexibility index (Phi) is 4.58. The predicted octanol–water partition coefficient (Wildman–Crippen LogP) is 5.56. The highest BCUT2D eigenvalue weighted by Gasteiger charge is 2.59. The molecule has 0 aliphatic carbocycles. The zero-order chi connectivity index (χ0) is 18.4. The van der Waals surface area contributed by atoms with Crippen LogP contribution in [0.3, 0.4) is 0 Å². The minimum Gasteiger partial charge on any atom is -0.398 e.